The monoisotopic (exact) mass is 408 g/mol. The van der Waals surface area contributed by atoms with Gasteiger partial charge in [0.2, 0.25) is 0 Å². The lowest BCUT2D eigenvalue weighted by molar-refractivity contribution is -0.0328. The van der Waals surface area contributed by atoms with Crippen LogP contribution >= 0.6 is 11.8 Å². The van der Waals surface area contributed by atoms with E-state index in [1.165, 1.54) is 24.3 Å². The molecule has 0 saturated heterocycles. The first-order valence-electron chi connectivity index (χ1n) is 8.04. The van der Waals surface area contributed by atoms with Gasteiger partial charge in [-0.1, -0.05) is 0 Å². The topological polar surface area (TPSA) is 79.9 Å². The molecule has 0 aliphatic heterocycles. The number of carbonyl (C=O) groups excluding carboxylic acids is 1. The molecule has 0 saturated carbocycles. The highest BCUT2D eigenvalue weighted by molar-refractivity contribution is 8.00. The zero-order valence-corrected chi connectivity index (χ0v) is 15.4. The number of nitrogens with one attached hydrogen (secondary N) is 2. The number of halogens is 3. The number of carbonyl (C=O) groups is 1. The fourth-order valence-corrected chi connectivity index (χ4v) is 2.86. The number of amides is 1. The van der Waals surface area contributed by atoms with Gasteiger partial charge in [-0.25, -0.2) is 4.98 Å². The molecule has 1 amide bonds. The first-order valence-corrected chi connectivity index (χ1v) is 8.85. The number of hydrogen-bond acceptors (Lipinski definition) is 5. The third-order valence-electron chi connectivity index (χ3n) is 3.65. The minimum Gasteiger partial charge on any atom is -0.497 e. The summed E-state index contributed by atoms with van der Waals surface area (Å²) in [6.07, 6.45) is 0. The molecule has 10 heteroatoms. The number of aromatic nitrogens is 3. The van der Waals surface area contributed by atoms with Crippen molar-refractivity contribution in [1.29, 1.82) is 0 Å². The SMILES string of the molecule is COc1ccc(-c2n[nH]c(CNC(=O)c3ccc(SC(F)(F)F)cc3)n2)cc1. The van der Waals surface area contributed by atoms with E-state index in [1.807, 2.05) is 12.1 Å². The van der Waals surface area contributed by atoms with Crippen LogP contribution in [0.5, 0.6) is 5.75 Å². The average molecular weight is 408 g/mol. The molecule has 0 bridgehead atoms. The van der Waals surface area contributed by atoms with E-state index in [2.05, 4.69) is 20.5 Å². The molecule has 3 rings (SSSR count). The Bertz CT molecular complexity index is 941. The van der Waals surface area contributed by atoms with Crippen LogP contribution in [0.4, 0.5) is 13.2 Å². The van der Waals surface area contributed by atoms with Crippen molar-refractivity contribution >= 4 is 17.7 Å². The van der Waals surface area contributed by atoms with Gasteiger partial charge in [-0.15, -0.1) is 0 Å². The Hall–Kier alpha value is -3.01. The van der Waals surface area contributed by atoms with Gasteiger partial charge >= 0.3 is 5.51 Å². The second-order valence-corrected chi connectivity index (χ2v) is 6.73. The minimum absolute atomic E-state index is 0.0171. The number of hydrogen-bond donors (Lipinski definition) is 2. The van der Waals surface area contributed by atoms with Crippen molar-refractivity contribution in [3.05, 3.63) is 59.9 Å². The highest BCUT2D eigenvalue weighted by atomic mass is 32.2. The molecule has 146 valence electrons. The van der Waals surface area contributed by atoms with Crippen LogP contribution in [0.3, 0.4) is 0 Å². The van der Waals surface area contributed by atoms with E-state index in [-0.39, 0.29) is 28.8 Å². The average Bonchev–Trinajstić information content (AvgIpc) is 3.14. The molecule has 2 N–H and O–H groups in total. The highest BCUT2D eigenvalue weighted by Gasteiger charge is 2.29. The Balaban J connectivity index is 1.58. The van der Waals surface area contributed by atoms with Crippen molar-refractivity contribution in [3.8, 4) is 17.1 Å². The molecule has 0 fully saturated rings. The molecule has 0 spiro atoms. The largest absolute Gasteiger partial charge is 0.497 e. The molecule has 28 heavy (non-hydrogen) atoms. The number of alkyl halides is 3. The molecule has 3 aromatic rings. The standard InChI is InChI=1S/C18H15F3N4O2S/c1-27-13-6-2-11(3-7-13)16-23-15(24-25-16)10-22-17(26)12-4-8-14(9-5-12)28-18(19,20)21/h2-9H,10H2,1H3,(H,22,26)(H,23,24,25). The zero-order chi connectivity index (χ0) is 20.1. The van der Waals surface area contributed by atoms with Gasteiger partial charge in [0.05, 0.1) is 13.7 Å². The second kappa shape index (κ2) is 8.34. The molecule has 0 aliphatic rings. The van der Waals surface area contributed by atoms with Crippen LogP contribution in [0.25, 0.3) is 11.4 Å². The molecule has 6 nitrogen and oxygen atoms in total. The van der Waals surface area contributed by atoms with Crippen molar-refractivity contribution in [1.82, 2.24) is 20.5 Å². The number of H-pyrrole nitrogens is 1. The fourth-order valence-electron chi connectivity index (χ4n) is 2.32. The third kappa shape index (κ3) is 5.26. The van der Waals surface area contributed by atoms with Crippen molar-refractivity contribution in [2.75, 3.05) is 7.11 Å². The smallest absolute Gasteiger partial charge is 0.446 e. The van der Waals surface area contributed by atoms with Crippen LogP contribution in [0.15, 0.2) is 53.4 Å². The second-order valence-electron chi connectivity index (χ2n) is 5.59. The summed E-state index contributed by atoms with van der Waals surface area (Å²) in [6.45, 7) is 0.0983. The molecule has 2 aromatic carbocycles. The Morgan fingerprint density at radius 2 is 1.82 bits per heavy atom. The summed E-state index contributed by atoms with van der Waals surface area (Å²) in [6, 6.07) is 12.4. The summed E-state index contributed by atoms with van der Waals surface area (Å²) in [5.74, 6) is 1.21. The van der Waals surface area contributed by atoms with E-state index in [0.717, 1.165) is 5.56 Å². The van der Waals surface area contributed by atoms with Crippen LogP contribution in [-0.2, 0) is 6.54 Å². The third-order valence-corrected chi connectivity index (χ3v) is 4.39. The van der Waals surface area contributed by atoms with E-state index in [9.17, 15) is 18.0 Å². The molecule has 0 aliphatic carbocycles. The predicted octanol–water partition coefficient (Wildman–Crippen LogP) is 4.02. The maximum absolute atomic E-state index is 12.3. The molecule has 0 radical (unpaired) electrons. The number of aromatic amines is 1. The maximum Gasteiger partial charge on any atom is 0.446 e. The van der Waals surface area contributed by atoms with Gasteiger partial charge in [0.1, 0.15) is 11.6 Å². The molecular weight excluding hydrogens is 393 g/mol. The summed E-state index contributed by atoms with van der Waals surface area (Å²) in [4.78, 5) is 16.5. The highest BCUT2D eigenvalue weighted by Crippen LogP contribution is 2.36. The molecule has 0 atom stereocenters. The van der Waals surface area contributed by atoms with Crippen LogP contribution < -0.4 is 10.1 Å². The van der Waals surface area contributed by atoms with Gasteiger partial charge in [-0.3, -0.25) is 9.89 Å². The van der Waals surface area contributed by atoms with E-state index in [1.54, 1.807) is 19.2 Å². The molecular formula is C18H15F3N4O2S. The van der Waals surface area contributed by atoms with E-state index in [4.69, 9.17) is 4.74 Å². The lowest BCUT2D eigenvalue weighted by Crippen LogP contribution is -2.23. The summed E-state index contributed by atoms with van der Waals surface area (Å²) >= 11 is -0.229. The van der Waals surface area contributed by atoms with Crippen molar-refractivity contribution in [2.24, 2.45) is 0 Å². The summed E-state index contributed by atoms with van der Waals surface area (Å²) in [5.41, 5.74) is -3.33. The van der Waals surface area contributed by atoms with Gasteiger partial charge in [-0.2, -0.15) is 18.3 Å². The van der Waals surface area contributed by atoms with Crippen LogP contribution in [-0.4, -0.2) is 33.7 Å². The Morgan fingerprint density at radius 3 is 2.43 bits per heavy atom. The predicted molar refractivity (Wildman–Crippen MR) is 97.9 cm³/mol. The van der Waals surface area contributed by atoms with Gasteiger partial charge in [0.25, 0.3) is 5.91 Å². The number of thioether (sulfide) groups is 1. The fraction of sp³-hybridized carbons (Fsp3) is 0.167. The van der Waals surface area contributed by atoms with Crippen LogP contribution in [0.1, 0.15) is 16.2 Å². The first-order chi connectivity index (χ1) is 13.3. The number of ether oxygens (including phenoxy) is 1. The lowest BCUT2D eigenvalue weighted by atomic mass is 10.2. The summed E-state index contributed by atoms with van der Waals surface area (Å²) < 4.78 is 42.1. The summed E-state index contributed by atoms with van der Waals surface area (Å²) in [7, 11) is 1.57. The van der Waals surface area contributed by atoms with Crippen LogP contribution in [0.2, 0.25) is 0 Å². The quantitative estimate of drug-likeness (QED) is 0.602. The zero-order valence-electron chi connectivity index (χ0n) is 14.6. The van der Waals surface area contributed by atoms with Crippen molar-refractivity contribution in [2.45, 2.75) is 16.9 Å². The maximum atomic E-state index is 12.3. The van der Waals surface area contributed by atoms with Gasteiger partial charge < -0.3 is 10.1 Å². The first kappa shape index (κ1) is 19.7. The number of benzene rings is 2. The van der Waals surface area contributed by atoms with Gasteiger partial charge in [0.15, 0.2) is 5.82 Å². The molecule has 1 aromatic heterocycles. The minimum atomic E-state index is -4.36. The molecule has 0 unspecified atom stereocenters. The number of nitrogens with zero attached hydrogens (tertiary/aromatic N) is 2. The Morgan fingerprint density at radius 1 is 1.14 bits per heavy atom. The van der Waals surface area contributed by atoms with E-state index < -0.39 is 11.4 Å². The van der Waals surface area contributed by atoms with Gasteiger partial charge in [-0.05, 0) is 60.3 Å². The van der Waals surface area contributed by atoms with E-state index in [0.29, 0.717) is 17.4 Å². The summed E-state index contributed by atoms with van der Waals surface area (Å²) in [5, 5.41) is 9.48. The Labute approximate surface area is 162 Å². The normalized spacial score (nSPS) is 11.3. The van der Waals surface area contributed by atoms with Gasteiger partial charge in [0, 0.05) is 16.0 Å². The van der Waals surface area contributed by atoms with Crippen molar-refractivity contribution in [3.63, 3.8) is 0 Å². The number of methoxy groups -OCH3 is 1. The Kier molecular flexibility index (Phi) is 5.88. The lowest BCUT2D eigenvalue weighted by Gasteiger charge is -2.07. The van der Waals surface area contributed by atoms with E-state index >= 15 is 0 Å². The van der Waals surface area contributed by atoms with Crippen LogP contribution in [0, 0.1) is 0 Å². The van der Waals surface area contributed by atoms with Crippen molar-refractivity contribution < 1.29 is 22.7 Å². The molecule has 1 heterocycles. The number of rotatable bonds is 6.